The molecule has 1 atom stereocenters. The molecule has 0 spiro atoms. The molecule has 0 aliphatic rings. The molecule has 0 aliphatic carbocycles. The Labute approximate surface area is 225 Å². The Morgan fingerprint density at radius 1 is 0.895 bits per heavy atom. The third-order valence-electron chi connectivity index (χ3n) is 6.46. The number of anilines is 1. The first kappa shape index (κ1) is 27.2. The van der Waals surface area contributed by atoms with Crippen molar-refractivity contribution >= 4 is 11.6 Å². The summed E-state index contributed by atoms with van der Waals surface area (Å²) in [5.41, 5.74) is 4.76. The molecule has 1 amide bonds. The van der Waals surface area contributed by atoms with Crippen LogP contribution in [-0.2, 0) is 19.5 Å². The van der Waals surface area contributed by atoms with Crippen molar-refractivity contribution in [3.05, 3.63) is 114 Å². The van der Waals surface area contributed by atoms with Gasteiger partial charge in [-0.25, -0.2) is 4.98 Å². The van der Waals surface area contributed by atoms with E-state index in [-0.39, 0.29) is 11.9 Å². The molecule has 0 saturated heterocycles. The third kappa shape index (κ3) is 8.10. The Morgan fingerprint density at radius 2 is 1.63 bits per heavy atom. The Morgan fingerprint density at radius 3 is 2.26 bits per heavy atom. The number of carbonyl (C=O) groups is 1. The molecule has 2 aromatic heterocycles. The highest BCUT2D eigenvalue weighted by atomic mass is 16.1. The average molecular weight is 511 g/mol. The fraction of sp³-hybridized carbons (Fsp3) is 0.323. The van der Waals surface area contributed by atoms with Crippen molar-refractivity contribution in [2.45, 2.75) is 52.2 Å². The van der Waals surface area contributed by atoms with Crippen LogP contribution >= 0.6 is 0 Å². The molecule has 7 nitrogen and oxygen atoms in total. The standard InChI is InChI=1S/C31H38N6O/c1-3-19-37(20-4-2)23-25-10-14-27(15-11-25)36-31(38)26-12-8-24(9-13-26)22-35-29(21-30-33-17-18-34-30)28-7-5-6-16-32-28/h5-18,29,35H,3-4,19-23H2,1-2H3,(H,33,34)(H,36,38). The minimum absolute atomic E-state index is 0.0179. The number of rotatable bonds is 14. The zero-order chi connectivity index (χ0) is 26.6. The lowest BCUT2D eigenvalue weighted by Crippen LogP contribution is -2.24. The van der Waals surface area contributed by atoms with E-state index in [2.05, 4.69) is 56.5 Å². The maximum absolute atomic E-state index is 12.8. The third-order valence-corrected chi connectivity index (χ3v) is 6.46. The number of H-pyrrole nitrogens is 1. The van der Waals surface area contributed by atoms with Gasteiger partial charge in [0.25, 0.3) is 5.91 Å². The highest BCUT2D eigenvalue weighted by Crippen LogP contribution is 2.17. The number of hydrogen-bond acceptors (Lipinski definition) is 5. The molecule has 0 radical (unpaired) electrons. The molecule has 38 heavy (non-hydrogen) atoms. The first-order valence-electron chi connectivity index (χ1n) is 13.5. The molecule has 2 heterocycles. The number of aromatic amines is 1. The topological polar surface area (TPSA) is 85.9 Å². The van der Waals surface area contributed by atoms with Crippen molar-refractivity contribution < 1.29 is 4.79 Å². The van der Waals surface area contributed by atoms with E-state index in [1.165, 1.54) is 5.56 Å². The quantitative estimate of drug-likeness (QED) is 0.201. The first-order chi connectivity index (χ1) is 18.6. The molecular weight excluding hydrogens is 472 g/mol. The summed E-state index contributed by atoms with van der Waals surface area (Å²) >= 11 is 0. The van der Waals surface area contributed by atoms with Gasteiger partial charge in [-0.3, -0.25) is 14.7 Å². The zero-order valence-electron chi connectivity index (χ0n) is 22.4. The molecule has 2 aromatic carbocycles. The fourth-order valence-corrected chi connectivity index (χ4v) is 4.54. The predicted octanol–water partition coefficient (Wildman–Crippen LogP) is 5.75. The second-order valence-corrected chi connectivity index (χ2v) is 9.55. The summed E-state index contributed by atoms with van der Waals surface area (Å²) in [5.74, 6) is 0.799. The lowest BCUT2D eigenvalue weighted by atomic mass is 10.1. The minimum atomic E-state index is -0.111. The number of hydrogen-bond donors (Lipinski definition) is 3. The van der Waals surface area contributed by atoms with Gasteiger partial charge in [0.05, 0.1) is 11.7 Å². The normalized spacial score (nSPS) is 12.0. The van der Waals surface area contributed by atoms with Gasteiger partial charge in [-0.05, 0) is 73.5 Å². The van der Waals surface area contributed by atoms with Gasteiger partial charge < -0.3 is 15.6 Å². The van der Waals surface area contributed by atoms with Gasteiger partial charge in [0.15, 0.2) is 0 Å². The van der Waals surface area contributed by atoms with Crippen molar-refractivity contribution in [1.82, 2.24) is 25.2 Å². The molecule has 4 aromatic rings. The van der Waals surface area contributed by atoms with Gasteiger partial charge in [-0.15, -0.1) is 0 Å². The van der Waals surface area contributed by atoms with Crippen LogP contribution in [-0.4, -0.2) is 38.8 Å². The zero-order valence-corrected chi connectivity index (χ0v) is 22.4. The van der Waals surface area contributed by atoms with E-state index >= 15 is 0 Å². The number of nitrogens with zero attached hydrogens (tertiary/aromatic N) is 3. The number of pyridine rings is 1. The van der Waals surface area contributed by atoms with E-state index < -0.39 is 0 Å². The van der Waals surface area contributed by atoms with Gasteiger partial charge in [0, 0.05) is 49.4 Å². The molecular formula is C31H38N6O. The van der Waals surface area contributed by atoms with Gasteiger partial charge in [0.1, 0.15) is 5.82 Å². The molecule has 3 N–H and O–H groups in total. The lowest BCUT2D eigenvalue weighted by Gasteiger charge is -2.21. The highest BCUT2D eigenvalue weighted by Gasteiger charge is 2.15. The average Bonchev–Trinajstić information content (AvgIpc) is 3.46. The van der Waals surface area contributed by atoms with Crippen molar-refractivity contribution in [1.29, 1.82) is 0 Å². The van der Waals surface area contributed by atoms with Crippen LogP contribution in [0.3, 0.4) is 0 Å². The van der Waals surface area contributed by atoms with Crippen molar-refractivity contribution in [3.8, 4) is 0 Å². The Hall–Kier alpha value is -3.81. The number of nitrogens with one attached hydrogen (secondary N) is 3. The summed E-state index contributed by atoms with van der Waals surface area (Å²) in [6, 6.07) is 21.8. The highest BCUT2D eigenvalue weighted by molar-refractivity contribution is 6.04. The number of imidazole rings is 1. The molecule has 1 unspecified atom stereocenters. The van der Waals surface area contributed by atoms with Crippen molar-refractivity contribution in [2.24, 2.45) is 0 Å². The first-order valence-corrected chi connectivity index (χ1v) is 13.5. The molecule has 0 bridgehead atoms. The smallest absolute Gasteiger partial charge is 0.255 e. The molecule has 198 valence electrons. The SMILES string of the molecule is CCCN(CCC)Cc1ccc(NC(=O)c2ccc(CNC(Cc3ncc[nH]3)c3ccccn3)cc2)cc1. The molecule has 7 heteroatoms. The second-order valence-electron chi connectivity index (χ2n) is 9.55. The summed E-state index contributed by atoms with van der Waals surface area (Å²) in [7, 11) is 0. The van der Waals surface area contributed by atoms with Crippen molar-refractivity contribution in [3.63, 3.8) is 0 Å². The Kier molecular flexibility index (Phi) is 10.2. The van der Waals surface area contributed by atoms with E-state index in [0.717, 1.165) is 55.2 Å². The Balaban J connectivity index is 1.32. The number of carbonyl (C=O) groups excluding carboxylic acids is 1. The maximum Gasteiger partial charge on any atom is 0.255 e. The number of aromatic nitrogens is 3. The maximum atomic E-state index is 12.8. The fourth-order valence-electron chi connectivity index (χ4n) is 4.54. The van der Waals surface area contributed by atoms with Crippen LogP contribution in [0.15, 0.2) is 85.3 Å². The van der Waals surface area contributed by atoms with Gasteiger partial charge >= 0.3 is 0 Å². The van der Waals surface area contributed by atoms with Crippen molar-refractivity contribution in [2.75, 3.05) is 18.4 Å². The largest absolute Gasteiger partial charge is 0.349 e. The van der Waals surface area contributed by atoms with E-state index in [1.54, 1.807) is 12.4 Å². The van der Waals surface area contributed by atoms with Crippen LogP contribution < -0.4 is 10.6 Å². The summed E-state index contributed by atoms with van der Waals surface area (Å²) in [4.78, 5) is 27.4. The van der Waals surface area contributed by atoms with Crippen LogP contribution in [0.5, 0.6) is 0 Å². The summed E-state index contributed by atoms with van der Waals surface area (Å²) in [6.07, 6.45) is 8.41. The molecule has 0 saturated carbocycles. The number of benzene rings is 2. The summed E-state index contributed by atoms with van der Waals surface area (Å²) in [6.45, 7) is 8.22. The van der Waals surface area contributed by atoms with Gasteiger partial charge in [0.2, 0.25) is 0 Å². The lowest BCUT2D eigenvalue weighted by molar-refractivity contribution is 0.102. The van der Waals surface area contributed by atoms with Crippen LogP contribution in [0.25, 0.3) is 0 Å². The Bertz CT molecular complexity index is 1220. The number of amides is 1. The molecule has 0 fully saturated rings. The van der Waals surface area contributed by atoms with Crippen LogP contribution in [0.4, 0.5) is 5.69 Å². The minimum Gasteiger partial charge on any atom is -0.349 e. The summed E-state index contributed by atoms with van der Waals surface area (Å²) in [5, 5.41) is 6.61. The van der Waals surface area contributed by atoms with Crippen LogP contribution in [0.2, 0.25) is 0 Å². The van der Waals surface area contributed by atoms with E-state index in [9.17, 15) is 4.79 Å². The second kappa shape index (κ2) is 14.2. The molecule has 4 rings (SSSR count). The predicted molar refractivity (Wildman–Crippen MR) is 153 cm³/mol. The van der Waals surface area contributed by atoms with E-state index in [0.29, 0.717) is 18.5 Å². The van der Waals surface area contributed by atoms with E-state index in [4.69, 9.17) is 0 Å². The van der Waals surface area contributed by atoms with Gasteiger partial charge in [-0.1, -0.05) is 44.2 Å². The summed E-state index contributed by atoms with van der Waals surface area (Å²) < 4.78 is 0. The van der Waals surface area contributed by atoms with Crippen LogP contribution in [0, 0.1) is 0 Å². The van der Waals surface area contributed by atoms with Gasteiger partial charge in [-0.2, -0.15) is 0 Å². The van der Waals surface area contributed by atoms with E-state index in [1.807, 2.05) is 60.8 Å². The van der Waals surface area contributed by atoms with Crippen LogP contribution in [0.1, 0.15) is 65.7 Å². The molecule has 0 aliphatic heterocycles. The monoisotopic (exact) mass is 510 g/mol.